The molecule has 0 radical (unpaired) electrons. The number of methoxy groups -OCH3 is 1. The van der Waals surface area contributed by atoms with E-state index in [2.05, 4.69) is 28.5 Å². The van der Waals surface area contributed by atoms with Gasteiger partial charge < -0.3 is 15.0 Å². The van der Waals surface area contributed by atoms with Crippen LogP contribution >= 0.6 is 0 Å². The van der Waals surface area contributed by atoms with Crippen LogP contribution in [0.15, 0.2) is 18.2 Å². The molecule has 2 aliphatic rings. The Labute approximate surface area is 113 Å². The zero-order chi connectivity index (χ0) is 12.8. The summed E-state index contributed by atoms with van der Waals surface area (Å²) in [6.45, 7) is 0. The molecular formula is C16H20N2O. The van der Waals surface area contributed by atoms with Crippen molar-refractivity contribution in [1.29, 1.82) is 0 Å². The molecule has 1 atom stereocenters. The number of rotatable bonds is 3. The number of aryl methyl sites for hydroxylation is 1. The van der Waals surface area contributed by atoms with Gasteiger partial charge in [-0.15, -0.1) is 0 Å². The number of benzene rings is 1. The van der Waals surface area contributed by atoms with Crippen molar-refractivity contribution < 1.29 is 4.74 Å². The number of hydrogen-bond donors (Lipinski definition) is 2. The van der Waals surface area contributed by atoms with Gasteiger partial charge in [-0.1, -0.05) is 0 Å². The Hall–Kier alpha value is -1.48. The van der Waals surface area contributed by atoms with Crippen LogP contribution in [-0.2, 0) is 12.8 Å². The maximum Gasteiger partial charge on any atom is 0.120 e. The topological polar surface area (TPSA) is 37.0 Å². The SMILES string of the molecule is COc1ccc2c3c([nH]c2c1)CCC(NC1CC1)C3. The minimum Gasteiger partial charge on any atom is -0.497 e. The van der Waals surface area contributed by atoms with Crippen molar-refractivity contribution in [3.63, 3.8) is 0 Å². The first-order chi connectivity index (χ1) is 9.33. The average molecular weight is 256 g/mol. The van der Waals surface area contributed by atoms with Crippen LogP contribution in [0.5, 0.6) is 5.75 Å². The second-order valence-corrected chi connectivity index (χ2v) is 5.87. The molecule has 1 heterocycles. The minimum absolute atomic E-state index is 0.668. The number of ether oxygens (including phenoxy) is 1. The van der Waals surface area contributed by atoms with Gasteiger partial charge in [0.1, 0.15) is 5.75 Å². The van der Waals surface area contributed by atoms with Gasteiger partial charge in [-0.05, 0) is 49.8 Å². The molecule has 2 aliphatic carbocycles. The molecule has 1 aromatic carbocycles. The molecule has 0 bridgehead atoms. The van der Waals surface area contributed by atoms with E-state index >= 15 is 0 Å². The second kappa shape index (κ2) is 4.27. The Morgan fingerprint density at radius 2 is 2.11 bits per heavy atom. The van der Waals surface area contributed by atoms with Crippen LogP contribution in [0.25, 0.3) is 10.9 Å². The highest BCUT2D eigenvalue weighted by Gasteiger charge is 2.28. The van der Waals surface area contributed by atoms with Gasteiger partial charge in [0.15, 0.2) is 0 Å². The van der Waals surface area contributed by atoms with Gasteiger partial charge >= 0.3 is 0 Å². The zero-order valence-electron chi connectivity index (χ0n) is 11.3. The quantitative estimate of drug-likeness (QED) is 0.886. The van der Waals surface area contributed by atoms with Gasteiger partial charge in [0.25, 0.3) is 0 Å². The van der Waals surface area contributed by atoms with Gasteiger partial charge in [-0.2, -0.15) is 0 Å². The lowest BCUT2D eigenvalue weighted by Gasteiger charge is -2.23. The Kier molecular flexibility index (Phi) is 2.55. The fraction of sp³-hybridized carbons (Fsp3) is 0.500. The summed E-state index contributed by atoms with van der Waals surface area (Å²) in [5, 5.41) is 5.15. The molecule has 0 amide bonds. The largest absolute Gasteiger partial charge is 0.497 e. The Morgan fingerprint density at radius 3 is 2.89 bits per heavy atom. The number of aromatic nitrogens is 1. The normalized spacial score (nSPS) is 22.5. The van der Waals surface area contributed by atoms with Crippen molar-refractivity contribution in [2.45, 2.75) is 44.2 Å². The summed E-state index contributed by atoms with van der Waals surface area (Å²) in [5.41, 5.74) is 4.16. The van der Waals surface area contributed by atoms with Gasteiger partial charge in [0, 0.05) is 34.7 Å². The monoisotopic (exact) mass is 256 g/mol. The molecule has 1 aromatic heterocycles. The first-order valence-corrected chi connectivity index (χ1v) is 7.27. The standard InChI is InChI=1S/C16H20N2O/c1-19-12-5-6-13-14-8-11(17-10-2-3-10)4-7-15(14)18-16(13)9-12/h5-6,9-11,17-18H,2-4,7-8H2,1H3. The van der Waals surface area contributed by atoms with E-state index in [1.807, 2.05) is 0 Å². The van der Waals surface area contributed by atoms with Gasteiger partial charge in [0.05, 0.1) is 7.11 Å². The van der Waals surface area contributed by atoms with Crippen LogP contribution in [-0.4, -0.2) is 24.2 Å². The molecule has 100 valence electrons. The molecule has 1 unspecified atom stereocenters. The highest BCUT2D eigenvalue weighted by atomic mass is 16.5. The highest BCUT2D eigenvalue weighted by molar-refractivity contribution is 5.86. The maximum atomic E-state index is 5.30. The van der Waals surface area contributed by atoms with Crippen LogP contribution in [0.2, 0.25) is 0 Å². The van der Waals surface area contributed by atoms with E-state index in [0.717, 1.165) is 24.6 Å². The predicted octanol–water partition coefficient (Wildman–Crippen LogP) is 2.79. The number of H-pyrrole nitrogens is 1. The first-order valence-electron chi connectivity index (χ1n) is 7.27. The average Bonchev–Trinajstić information content (AvgIpc) is 3.17. The Bertz CT molecular complexity index is 612. The molecule has 4 rings (SSSR count). The summed E-state index contributed by atoms with van der Waals surface area (Å²) in [4.78, 5) is 3.57. The van der Waals surface area contributed by atoms with Crippen LogP contribution in [0.4, 0.5) is 0 Å². The lowest BCUT2D eigenvalue weighted by atomic mass is 9.91. The van der Waals surface area contributed by atoms with Crippen LogP contribution < -0.4 is 10.1 Å². The van der Waals surface area contributed by atoms with E-state index in [-0.39, 0.29) is 0 Å². The smallest absolute Gasteiger partial charge is 0.120 e. The molecule has 2 N–H and O–H groups in total. The minimum atomic E-state index is 0.668. The molecule has 3 nitrogen and oxygen atoms in total. The molecule has 2 aromatic rings. The summed E-state index contributed by atoms with van der Waals surface area (Å²) < 4.78 is 5.30. The summed E-state index contributed by atoms with van der Waals surface area (Å²) >= 11 is 0. The van der Waals surface area contributed by atoms with E-state index in [0.29, 0.717) is 6.04 Å². The van der Waals surface area contributed by atoms with Crippen molar-refractivity contribution in [3.8, 4) is 5.75 Å². The number of aromatic amines is 1. The van der Waals surface area contributed by atoms with E-state index < -0.39 is 0 Å². The Morgan fingerprint density at radius 1 is 1.21 bits per heavy atom. The molecule has 0 aliphatic heterocycles. The third-order valence-corrected chi connectivity index (χ3v) is 4.44. The zero-order valence-corrected chi connectivity index (χ0v) is 11.3. The lowest BCUT2D eigenvalue weighted by Crippen LogP contribution is -2.35. The van der Waals surface area contributed by atoms with Crippen molar-refractivity contribution in [1.82, 2.24) is 10.3 Å². The first kappa shape index (κ1) is 11.4. The van der Waals surface area contributed by atoms with E-state index in [4.69, 9.17) is 4.74 Å². The predicted molar refractivity (Wildman–Crippen MR) is 76.8 cm³/mol. The number of hydrogen-bond acceptors (Lipinski definition) is 2. The van der Waals surface area contributed by atoms with Crippen LogP contribution in [0.1, 0.15) is 30.5 Å². The molecule has 1 saturated carbocycles. The number of nitrogens with one attached hydrogen (secondary N) is 2. The summed E-state index contributed by atoms with van der Waals surface area (Å²) in [7, 11) is 1.72. The van der Waals surface area contributed by atoms with Crippen LogP contribution in [0, 0.1) is 0 Å². The van der Waals surface area contributed by atoms with Crippen molar-refractivity contribution >= 4 is 10.9 Å². The molecular weight excluding hydrogens is 236 g/mol. The van der Waals surface area contributed by atoms with Crippen molar-refractivity contribution in [2.75, 3.05) is 7.11 Å². The highest BCUT2D eigenvalue weighted by Crippen LogP contribution is 2.32. The van der Waals surface area contributed by atoms with Gasteiger partial charge in [-0.25, -0.2) is 0 Å². The Balaban J connectivity index is 1.68. The van der Waals surface area contributed by atoms with Gasteiger partial charge in [-0.3, -0.25) is 0 Å². The van der Waals surface area contributed by atoms with Gasteiger partial charge in [0.2, 0.25) is 0 Å². The molecule has 3 heteroatoms. The van der Waals surface area contributed by atoms with Crippen LogP contribution in [0.3, 0.4) is 0 Å². The fourth-order valence-electron chi connectivity index (χ4n) is 3.26. The molecule has 0 spiro atoms. The summed E-state index contributed by atoms with van der Waals surface area (Å²) in [5.74, 6) is 0.929. The third kappa shape index (κ3) is 2.02. The van der Waals surface area contributed by atoms with E-state index in [1.165, 1.54) is 41.4 Å². The van der Waals surface area contributed by atoms with E-state index in [9.17, 15) is 0 Å². The van der Waals surface area contributed by atoms with E-state index in [1.54, 1.807) is 7.11 Å². The number of fused-ring (bicyclic) bond motifs is 3. The maximum absolute atomic E-state index is 5.30. The van der Waals surface area contributed by atoms with Crippen molar-refractivity contribution in [3.05, 3.63) is 29.5 Å². The second-order valence-electron chi connectivity index (χ2n) is 5.87. The summed E-state index contributed by atoms with van der Waals surface area (Å²) in [6.07, 6.45) is 6.32. The molecule has 1 fully saturated rings. The molecule has 19 heavy (non-hydrogen) atoms. The lowest BCUT2D eigenvalue weighted by molar-refractivity contribution is 0.415. The molecule has 0 saturated heterocycles. The third-order valence-electron chi connectivity index (χ3n) is 4.44. The summed E-state index contributed by atoms with van der Waals surface area (Å²) in [6, 6.07) is 7.84. The van der Waals surface area contributed by atoms with Crippen molar-refractivity contribution in [2.24, 2.45) is 0 Å². The fourth-order valence-corrected chi connectivity index (χ4v) is 3.26.